The molecule has 0 aliphatic rings. The fourth-order valence-corrected chi connectivity index (χ4v) is 2.33. The number of aryl methyl sites for hydroxylation is 1. The molecular formula is C15H14ClN3. The standard InChI is InChI=1S/C15H14ClN3/c1-19-14-9-5-4-8-13(14)18-15(19)10-17-12-7-3-2-6-11(12)16/h2-9,17H,10H2,1H3. The van der Waals surface area contributed by atoms with Gasteiger partial charge in [-0.15, -0.1) is 0 Å². The van der Waals surface area contributed by atoms with Gasteiger partial charge in [-0.25, -0.2) is 4.98 Å². The van der Waals surface area contributed by atoms with Crippen molar-refractivity contribution < 1.29 is 0 Å². The summed E-state index contributed by atoms with van der Waals surface area (Å²) in [5, 5.41) is 4.04. The summed E-state index contributed by atoms with van der Waals surface area (Å²) in [5.74, 6) is 0.987. The van der Waals surface area contributed by atoms with E-state index in [4.69, 9.17) is 11.6 Å². The molecule has 1 aromatic heterocycles. The zero-order valence-electron chi connectivity index (χ0n) is 10.6. The molecule has 0 bridgehead atoms. The Hall–Kier alpha value is -2.00. The minimum atomic E-state index is 0.648. The lowest BCUT2D eigenvalue weighted by molar-refractivity contribution is 0.834. The Morgan fingerprint density at radius 1 is 1.11 bits per heavy atom. The van der Waals surface area contributed by atoms with E-state index in [-0.39, 0.29) is 0 Å². The van der Waals surface area contributed by atoms with E-state index in [0.717, 1.165) is 27.6 Å². The molecule has 0 aliphatic carbocycles. The minimum Gasteiger partial charge on any atom is -0.377 e. The van der Waals surface area contributed by atoms with Crippen LogP contribution in [-0.4, -0.2) is 9.55 Å². The molecule has 1 heterocycles. The molecule has 96 valence electrons. The van der Waals surface area contributed by atoms with Crippen LogP contribution in [0.1, 0.15) is 5.82 Å². The number of rotatable bonds is 3. The number of anilines is 1. The third-order valence-corrected chi connectivity index (χ3v) is 3.52. The molecule has 0 spiro atoms. The summed E-state index contributed by atoms with van der Waals surface area (Å²) in [5.41, 5.74) is 3.08. The molecule has 2 aromatic carbocycles. The van der Waals surface area contributed by atoms with Crippen molar-refractivity contribution in [2.24, 2.45) is 7.05 Å². The van der Waals surface area contributed by atoms with E-state index in [2.05, 4.69) is 20.9 Å². The van der Waals surface area contributed by atoms with Crippen molar-refractivity contribution in [3.8, 4) is 0 Å². The highest BCUT2D eigenvalue weighted by Gasteiger charge is 2.07. The van der Waals surface area contributed by atoms with Gasteiger partial charge in [-0.3, -0.25) is 0 Å². The van der Waals surface area contributed by atoms with Gasteiger partial charge in [-0.2, -0.15) is 0 Å². The third-order valence-electron chi connectivity index (χ3n) is 3.19. The van der Waals surface area contributed by atoms with Crippen LogP contribution >= 0.6 is 11.6 Å². The van der Waals surface area contributed by atoms with Crippen molar-refractivity contribution in [3.05, 3.63) is 59.4 Å². The largest absolute Gasteiger partial charge is 0.377 e. The van der Waals surface area contributed by atoms with Crippen LogP contribution in [0.5, 0.6) is 0 Å². The van der Waals surface area contributed by atoms with Gasteiger partial charge in [0.15, 0.2) is 0 Å². The number of benzene rings is 2. The van der Waals surface area contributed by atoms with Crippen LogP contribution in [0.3, 0.4) is 0 Å². The van der Waals surface area contributed by atoms with E-state index in [1.807, 2.05) is 49.5 Å². The quantitative estimate of drug-likeness (QED) is 0.784. The lowest BCUT2D eigenvalue weighted by atomic mass is 10.3. The number of halogens is 1. The lowest BCUT2D eigenvalue weighted by Gasteiger charge is -2.08. The first-order valence-electron chi connectivity index (χ1n) is 6.14. The fraction of sp³-hybridized carbons (Fsp3) is 0.133. The molecule has 0 aliphatic heterocycles. The number of nitrogens with one attached hydrogen (secondary N) is 1. The minimum absolute atomic E-state index is 0.648. The number of para-hydroxylation sites is 3. The van der Waals surface area contributed by atoms with Crippen LogP contribution in [0.4, 0.5) is 5.69 Å². The molecular weight excluding hydrogens is 258 g/mol. The van der Waals surface area contributed by atoms with Crippen LogP contribution in [0.25, 0.3) is 11.0 Å². The van der Waals surface area contributed by atoms with Crippen molar-refractivity contribution in [1.82, 2.24) is 9.55 Å². The number of hydrogen-bond acceptors (Lipinski definition) is 2. The second-order valence-corrected chi connectivity index (χ2v) is 4.82. The fourth-order valence-electron chi connectivity index (χ4n) is 2.13. The summed E-state index contributed by atoms with van der Waals surface area (Å²) in [6.07, 6.45) is 0. The highest BCUT2D eigenvalue weighted by Crippen LogP contribution is 2.21. The second kappa shape index (κ2) is 4.94. The molecule has 0 radical (unpaired) electrons. The number of imidazole rings is 1. The predicted molar refractivity (Wildman–Crippen MR) is 79.5 cm³/mol. The second-order valence-electron chi connectivity index (χ2n) is 4.41. The van der Waals surface area contributed by atoms with Gasteiger partial charge < -0.3 is 9.88 Å². The Balaban J connectivity index is 1.86. The van der Waals surface area contributed by atoms with Crippen molar-refractivity contribution in [2.75, 3.05) is 5.32 Å². The Morgan fingerprint density at radius 2 is 1.84 bits per heavy atom. The van der Waals surface area contributed by atoms with Crippen LogP contribution in [0, 0.1) is 0 Å². The van der Waals surface area contributed by atoms with Crippen molar-refractivity contribution in [1.29, 1.82) is 0 Å². The Bertz CT molecular complexity index is 718. The molecule has 4 heteroatoms. The van der Waals surface area contributed by atoms with E-state index >= 15 is 0 Å². The average molecular weight is 272 g/mol. The van der Waals surface area contributed by atoms with Gasteiger partial charge in [0.2, 0.25) is 0 Å². The Kier molecular flexibility index (Phi) is 3.13. The highest BCUT2D eigenvalue weighted by molar-refractivity contribution is 6.33. The van der Waals surface area contributed by atoms with Gasteiger partial charge in [0.1, 0.15) is 5.82 Å². The van der Waals surface area contributed by atoms with Gasteiger partial charge in [0.25, 0.3) is 0 Å². The zero-order chi connectivity index (χ0) is 13.2. The normalized spacial score (nSPS) is 10.8. The summed E-state index contributed by atoms with van der Waals surface area (Å²) in [7, 11) is 2.03. The van der Waals surface area contributed by atoms with Crippen LogP contribution in [-0.2, 0) is 13.6 Å². The maximum Gasteiger partial charge on any atom is 0.128 e. The zero-order valence-corrected chi connectivity index (χ0v) is 11.4. The monoisotopic (exact) mass is 271 g/mol. The maximum absolute atomic E-state index is 6.12. The molecule has 3 nitrogen and oxygen atoms in total. The van der Waals surface area contributed by atoms with Crippen LogP contribution < -0.4 is 5.32 Å². The third kappa shape index (κ3) is 2.29. The summed E-state index contributed by atoms with van der Waals surface area (Å²) in [6, 6.07) is 15.8. The van der Waals surface area contributed by atoms with E-state index in [9.17, 15) is 0 Å². The summed E-state index contributed by atoms with van der Waals surface area (Å²) in [6.45, 7) is 0.648. The van der Waals surface area contributed by atoms with Crippen molar-refractivity contribution in [2.45, 2.75) is 6.54 Å². The molecule has 0 saturated carbocycles. The average Bonchev–Trinajstić information content (AvgIpc) is 2.75. The van der Waals surface area contributed by atoms with Crippen molar-refractivity contribution in [3.63, 3.8) is 0 Å². The first kappa shape index (κ1) is 12.1. The number of hydrogen-bond donors (Lipinski definition) is 1. The lowest BCUT2D eigenvalue weighted by Crippen LogP contribution is -2.06. The molecule has 0 fully saturated rings. The SMILES string of the molecule is Cn1c(CNc2ccccc2Cl)nc2ccccc21. The number of aromatic nitrogens is 2. The highest BCUT2D eigenvalue weighted by atomic mass is 35.5. The van der Waals surface area contributed by atoms with E-state index < -0.39 is 0 Å². The van der Waals surface area contributed by atoms with E-state index in [0.29, 0.717) is 6.54 Å². The van der Waals surface area contributed by atoms with E-state index in [1.165, 1.54) is 0 Å². The molecule has 3 aromatic rings. The van der Waals surface area contributed by atoms with E-state index in [1.54, 1.807) is 0 Å². The molecule has 0 atom stereocenters. The molecule has 1 N–H and O–H groups in total. The summed E-state index contributed by atoms with van der Waals surface area (Å²) < 4.78 is 2.10. The van der Waals surface area contributed by atoms with Gasteiger partial charge in [0.05, 0.1) is 28.3 Å². The first-order chi connectivity index (χ1) is 9.25. The molecule has 0 saturated heterocycles. The Labute approximate surface area is 116 Å². The number of nitrogens with zero attached hydrogens (tertiary/aromatic N) is 2. The predicted octanol–water partition coefficient (Wildman–Crippen LogP) is 3.84. The van der Waals surface area contributed by atoms with Gasteiger partial charge >= 0.3 is 0 Å². The maximum atomic E-state index is 6.12. The van der Waals surface area contributed by atoms with Gasteiger partial charge in [-0.05, 0) is 24.3 Å². The molecule has 19 heavy (non-hydrogen) atoms. The Morgan fingerprint density at radius 3 is 2.63 bits per heavy atom. The first-order valence-corrected chi connectivity index (χ1v) is 6.52. The van der Waals surface area contributed by atoms with Gasteiger partial charge in [-0.1, -0.05) is 35.9 Å². The molecule has 3 rings (SSSR count). The summed E-state index contributed by atoms with van der Waals surface area (Å²) >= 11 is 6.12. The van der Waals surface area contributed by atoms with Gasteiger partial charge in [0, 0.05) is 7.05 Å². The summed E-state index contributed by atoms with van der Waals surface area (Å²) in [4.78, 5) is 4.61. The van der Waals surface area contributed by atoms with Crippen LogP contribution in [0.2, 0.25) is 5.02 Å². The van der Waals surface area contributed by atoms with Crippen LogP contribution in [0.15, 0.2) is 48.5 Å². The topological polar surface area (TPSA) is 29.9 Å². The smallest absolute Gasteiger partial charge is 0.128 e. The van der Waals surface area contributed by atoms with Crippen molar-refractivity contribution >= 4 is 28.3 Å². The molecule has 0 unspecified atom stereocenters. The number of fused-ring (bicyclic) bond motifs is 1. The molecule has 0 amide bonds.